The molecule has 306 valence electrons. The van der Waals surface area contributed by atoms with Crippen LogP contribution in [0.25, 0.3) is 0 Å². The predicted molar refractivity (Wildman–Crippen MR) is 190 cm³/mol. The number of guanidine groups is 1. The van der Waals surface area contributed by atoms with Crippen molar-refractivity contribution >= 4 is 17.9 Å². The van der Waals surface area contributed by atoms with Gasteiger partial charge in [-0.15, -0.1) is 6.58 Å². The van der Waals surface area contributed by atoms with Crippen molar-refractivity contribution in [2.45, 2.75) is 80.9 Å². The van der Waals surface area contributed by atoms with Crippen molar-refractivity contribution < 1.29 is 69.0 Å². The highest BCUT2D eigenvalue weighted by Gasteiger charge is 2.57. The lowest BCUT2D eigenvalue weighted by Crippen LogP contribution is -2.69. The number of aliphatic imine (C=N–C) groups is 1. The Balaban J connectivity index is 1.71. The molecule has 0 spiro atoms. The molecule has 0 aromatic heterocycles. The summed E-state index contributed by atoms with van der Waals surface area (Å²) in [6, 6.07) is -0.775. The van der Waals surface area contributed by atoms with Crippen molar-refractivity contribution in [3.8, 4) is 0 Å². The molecule has 3 heterocycles. The van der Waals surface area contributed by atoms with Gasteiger partial charge in [-0.3, -0.25) is 20.0 Å². The largest absolute Gasteiger partial charge is 0.481 e. The SMILES string of the molecule is C=C[C@H]1[C@@H](O[C@@H]2O[C@H](CO)[C@@H](O)C(O)(O)[C@@H]2OCNC)OC=C(C(=O)OC2CCCC2)[C@H]1C=CC1CN(CCO)CC(C(=O)O)C1NC(N)=NCCCO. The summed E-state index contributed by atoms with van der Waals surface area (Å²) in [5.41, 5.74) is 6.27. The number of aliphatic hydroxyl groups is 6. The van der Waals surface area contributed by atoms with Crippen LogP contribution in [0.4, 0.5) is 0 Å². The molecule has 4 rings (SSSR count). The number of rotatable bonds is 18. The number of nitrogens with two attached hydrogens (primary N) is 1. The zero-order valence-electron chi connectivity index (χ0n) is 30.5. The van der Waals surface area contributed by atoms with E-state index in [1.165, 1.54) is 12.3 Å². The molecule has 3 unspecified atom stereocenters. The maximum absolute atomic E-state index is 13.7. The van der Waals surface area contributed by atoms with Crippen LogP contribution in [-0.4, -0.2) is 167 Å². The normalized spacial score (nSPS) is 33.6. The predicted octanol–water partition coefficient (Wildman–Crippen LogP) is -2.70. The number of carbonyl (C=O) groups excluding carboxylic acids is 1. The van der Waals surface area contributed by atoms with Gasteiger partial charge in [-0.05, 0) is 39.2 Å². The second-order valence-electron chi connectivity index (χ2n) is 13.9. The number of carboxylic acids is 1. The van der Waals surface area contributed by atoms with E-state index in [2.05, 4.69) is 22.2 Å². The van der Waals surface area contributed by atoms with Gasteiger partial charge in [0.1, 0.15) is 18.3 Å². The third kappa shape index (κ3) is 10.8. The van der Waals surface area contributed by atoms with Gasteiger partial charge in [-0.2, -0.15) is 0 Å². The molecule has 0 radical (unpaired) electrons. The van der Waals surface area contributed by atoms with Crippen molar-refractivity contribution in [1.82, 2.24) is 15.5 Å². The van der Waals surface area contributed by atoms with Crippen LogP contribution < -0.4 is 16.4 Å². The lowest BCUT2D eigenvalue weighted by molar-refractivity contribution is -0.410. The van der Waals surface area contributed by atoms with Gasteiger partial charge < -0.3 is 70.5 Å². The number of piperidine rings is 1. The lowest BCUT2D eigenvalue weighted by atomic mass is 9.79. The first-order chi connectivity index (χ1) is 25.9. The number of β-amino-alcohol motifs (C(OH)–C–C–N with tert-alkyl or cyclic N) is 1. The highest BCUT2D eigenvalue weighted by molar-refractivity contribution is 5.89. The van der Waals surface area contributed by atoms with Crippen LogP contribution in [0.15, 0.2) is 41.6 Å². The smallest absolute Gasteiger partial charge is 0.338 e. The van der Waals surface area contributed by atoms with Gasteiger partial charge in [0.05, 0.1) is 49.7 Å². The van der Waals surface area contributed by atoms with E-state index >= 15 is 0 Å². The molecular weight excluding hydrogens is 714 g/mol. The minimum Gasteiger partial charge on any atom is -0.481 e. The Morgan fingerprint density at radius 1 is 1.15 bits per heavy atom. The number of likely N-dealkylation sites (tertiary alicyclic amines) is 1. The first-order valence-electron chi connectivity index (χ1n) is 18.3. The summed E-state index contributed by atoms with van der Waals surface area (Å²) >= 11 is 0. The van der Waals surface area contributed by atoms with E-state index in [0.717, 1.165) is 12.8 Å². The molecule has 0 amide bonds. The van der Waals surface area contributed by atoms with E-state index in [-0.39, 0.29) is 57.2 Å². The van der Waals surface area contributed by atoms with E-state index in [0.29, 0.717) is 25.8 Å². The quantitative estimate of drug-likeness (QED) is 0.0169. The van der Waals surface area contributed by atoms with Crippen LogP contribution in [0, 0.1) is 23.7 Å². The third-order valence-corrected chi connectivity index (χ3v) is 10.1. The monoisotopic (exact) mass is 771 g/mol. The lowest BCUT2D eigenvalue weighted by Gasteiger charge is -2.47. The Kier molecular flexibility index (Phi) is 16.6. The van der Waals surface area contributed by atoms with Crippen LogP contribution in [0.5, 0.6) is 0 Å². The molecule has 54 heavy (non-hydrogen) atoms. The Morgan fingerprint density at radius 2 is 1.89 bits per heavy atom. The van der Waals surface area contributed by atoms with E-state index in [1.54, 1.807) is 19.2 Å². The van der Waals surface area contributed by atoms with Gasteiger partial charge in [0, 0.05) is 44.6 Å². The molecule has 3 fully saturated rings. The first-order valence-corrected chi connectivity index (χ1v) is 18.3. The van der Waals surface area contributed by atoms with Crippen molar-refractivity contribution in [3.05, 3.63) is 36.6 Å². The Morgan fingerprint density at radius 3 is 2.52 bits per heavy atom. The molecule has 2 saturated heterocycles. The van der Waals surface area contributed by atoms with Crippen LogP contribution >= 0.6 is 0 Å². The number of nitrogens with zero attached hydrogens (tertiary/aromatic N) is 2. The van der Waals surface area contributed by atoms with Gasteiger partial charge in [-0.1, -0.05) is 18.2 Å². The van der Waals surface area contributed by atoms with Gasteiger partial charge in [-0.25, -0.2) is 4.79 Å². The van der Waals surface area contributed by atoms with Crippen LogP contribution in [0.1, 0.15) is 32.1 Å². The van der Waals surface area contributed by atoms with Crippen molar-refractivity contribution in [2.75, 3.05) is 59.8 Å². The molecular formula is C35H57N5O14. The molecule has 3 aliphatic heterocycles. The highest BCUT2D eigenvalue weighted by Crippen LogP contribution is 2.39. The number of carboxylic acid groups (broad SMARTS) is 1. The van der Waals surface area contributed by atoms with Crippen molar-refractivity contribution in [1.29, 1.82) is 0 Å². The molecule has 4 aliphatic rings. The number of nitrogens with one attached hydrogen (secondary N) is 2. The van der Waals surface area contributed by atoms with E-state index in [9.17, 15) is 40.2 Å². The molecule has 10 atom stereocenters. The minimum atomic E-state index is -2.93. The zero-order chi connectivity index (χ0) is 39.4. The number of carbonyl (C=O) groups is 2. The summed E-state index contributed by atoms with van der Waals surface area (Å²) in [6.45, 7) is 3.50. The minimum absolute atomic E-state index is 0.00407. The number of hydrogen-bond donors (Lipinski definition) is 10. The maximum atomic E-state index is 13.7. The molecule has 1 saturated carbocycles. The standard InChI is InChI=1S/C35H57N5O14/c1-3-22-23(10-9-20-15-40(12-14-42)16-24(30(45)46)27(20)39-34(36)38-11-6-13-41)25(31(47)52-21-7-4-5-8-21)18-50-32(22)54-33-29(51-19-37-2)35(48,49)28(44)26(17-43)53-33/h3,9-10,18,20-24,26-29,32-33,37,41-44,48-49H,1,4-8,11-17,19H2,2H3,(H,45,46)(H3,36,38,39)/t20?,22-,23+,24?,26-,27?,28-,29-,32-,33+/m1/s1. The van der Waals surface area contributed by atoms with Crippen LogP contribution in [0.3, 0.4) is 0 Å². The third-order valence-electron chi connectivity index (χ3n) is 10.1. The molecule has 11 N–H and O–H groups in total. The van der Waals surface area contributed by atoms with E-state index in [4.69, 9.17) is 34.5 Å². The number of esters is 1. The Labute approximate surface area is 314 Å². The number of allylic oxidation sites excluding steroid dienone is 1. The summed E-state index contributed by atoms with van der Waals surface area (Å²) < 4.78 is 29.2. The summed E-state index contributed by atoms with van der Waals surface area (Å²) in [6.07, 6.45) is 1.37. The Hall–Kier alpha value is -3.21. The molecule has 0 aromatic rings. The topological polar surface area (TPSA) is 288 Å². The fourth-order valence-corrected chi connectivity index (χ4v) is 7.29. The average molecular weight is 772 g/mol. The second kappa shape index (κ2) is 20.6. The number of hydrogen-bond acceptors (Lipinski definition) is 16. The van der Waals surface area contributed by atoms with Crippen LogP contribution in [0.2, 0.25) is 0 Å². The molecule has 0 bridgehead atoms. The van der Waals surface area contributed by atoms with Gasteiger partial charge in [0.2, 0.25) is 12.1 Å². The van der Waals surface area contributed by atoms with E-state index in [1.807, 2.05) is 4.90 Å². The van der Waals surface area contributed by atoms with Crippen molar-refractivity contribution in [2.24, 2.45) is 34.4 Å². The van der Waals surface area contributed by atoms with Gasteiger partial charge in [0.15, 0.2) is 18.4 Å². The summed E-state index contributed by atoms with van der Waals surface area (Å²) in [7, 11) is 1.54. The molecule has 1 aliphatic carbocycles. The van der Waals surface area contributed by atoms with E-state index < -0.39 is 84.9 Å². The Bertz CT molecular complexity index is 1330. The zero-order valence-corrected chi connectivity index (χ0v) is 30.5. The van der Waals surface area contributed by atoms with Gasteiger partial charge >= 0.3 is 11.9 Å². The highest BCUT2D eigenvalue weighted by atomic mass is 16.8. The second-order valence-corrected chi connectivity index (χ2v) is 13.9. The molecule has 0 aromatic carbocycles. The summed E-state index contributed by atoms with van der Waals surface area (Å²) in [5.74, 6) is -7.94. The fourth-order valence-electron chi connectivity index (χ4n) is 7.29. The summed E-state index contributed by atoms with van der Waals surface area (Å²) in [5, 5.41) is 77.1. The fraction of sp³-hybridized carbons (Fsp3) is 0.743. The number of ether oxygens (including phenoxy) is 5. The van der Waals surface area contributed by atoms with Gasteiger partial charge in [0.25, 0.3) is 0 Å². The molecule has 19 heteroatoms. The number of aliphatic carboxylic acids is 1. The first kappa shape index (κ1) is 43.5. The summed E-state index contributed by atoms with van der Waals surface area (Å²) in [4.78, 5) is 32.3. The average Bonchev–Trinajstić information content (AvgIpc) is 3.65. The van der Waals surface area contributed by atoms with Crippen molar-refractivity contribution in [3.63, 3.8) is 0 Å². The van der Waals surface area contributed by atoms with Crippen LogP contribution in [-0.2, 0) is 33.3 Å². The molecule has 19 nitrogen and oxygen atoms in total. The maximum Gasteiger partial charge on any atom is 0.338 e. The number of aliphatic hydroxyl groups excluding tert-OH is 4.